The van der Waals surface area contributed by atoms with E-state index in [-0.39, 0.29) is 5.75 Å². The lowest BCUT2D eigenvalue weighted by molar-refractivity contribution is 0.305. The van der Waals surface area contributed by atoms with Gasteiger partial charge in [0.15, 0.2) is 0 Å². The van der Waals surface area contributed by atoms with E-state index in [0.717, 1.165) is 5.56 Å². The van der Waals surface area contributed by atoms with E-state index in [1.54, 1.807) is 43.5 Å². The molecule has 2 aromatic carbocycles. The second-order valence-corrected chi connectivity index (χ2v) is 4.16. The van der Waals surface area contributed by atoms with E-state index >= 15 is 0 Å². The number of phenolic OH excluding ortho intramolecular Hbond substituents is 1. The molecule has 2 aromatic rings. The summed E-state index contributed by atoms with van der Waals surface area (Å²) < 4.78 is 10.6. The largest absolute Gasteiger partial charge is 0.508 e. The highest BCUT2D eigenvalue weighted by atomic mass is 35.5. The monoisotopic (exact) mass is 264 g/mol. The van der Waals surface area contributed by atoms with Gasteiger partial charge in [-0.2, -0.15) is 0 Å². The summed E-state index contributed by atoms with van der Waals surface area (Å²) in [4.78, 5) is 0. The Morgan fingerprint density at radius 2 is 1.83 bits per heavy atom. The van der Waals surface area contributed by atoms with Gasteiger partial charge in [0.2, 0.25) is 0 Å². The van der Waals surface area contributed by atoms with E-state index < -0.39 is 0 Å². The molecule has 0 aliphatic rings. The smallest absolute Gasteiger partial charge is 0.137 e. The summed E-state index contributed by atoms with van der Waals surface area (Å²) in [5.41, 5.74) is 0.953. The third kappa shape index (κ3) is 3.08. The molecule has 0 fully saturated rings. The van der Waals surface area contributed by atoms with Crippen LogP contribution in [0.4, 0.5) is 0 Å². The van der Waals surface area contributed by atoms with Gasteiger partial charge in [-0.25, -0.2) is 0 Å². The van der Waals surface area contributed by atoms with Crippen LogP contribution in [-0.4, -0.2) is 12.2 Å². The Morgan fingerprint density at radius 3 is 2.44 bits per heavy atom. The molecule has 0 heterocycles. The molecule has 0 saturated carbocycles. The zero-order chi connectivity index (χ0) is 13.0. The molecule has 0 atom stereocenters. The van der Waals surface area contributed by atoms with Crippen molar-refractivity contribution in [2.24, 2.45) is 0 Å². The Kier molecular flexibility index (Phi) is 3.95. The molecular weight excluding hydrogens is 252 g/mol. The number of aromatic hydroxyl groups is 1. The van der Waals surface area contributed by atoms with Crippen molar-refractivity contribution in [3.05, 3.63) is 53.1 Å². The normalized spacial score (nSPS) is 10.1. The van der Waals surface area contributed by atoms with E-state index in [4.69, 9.17) is 26.2 Å². The van der Waals surface area contributed by atoms with Crippen LogP contribution in [0.2, 0.25) is 5.02 Å². The highest BCUT2D eigenvalue weighted by Gasteiger charge is 2.02. The quantitative estimate of drug-likeness (QED) is 0.916. The molecule has 1 N–H and O–H groups in total. The first-order valence-electron chi connectivity index (χ1n) is 5.43. The first kappa shape index (κ1) is 12.6. The number of rotatable bonds is 4. The molecule has 94 valence electrons. The number of halogens is 1. The molecule has 2 rings (SSSR count). The predicted molar refractivity (Wildman–Crippen MR) is 70.4 cm³/mol. The van der Waals surface area contributed by atoms with Crippen LogP contribution in [0.1, 0.15) is 5.56 Å². The van der Waals surface area contributed by atoms with Crippen molar-refractivity contribution in [3.8, 4) is 17.2 Å². The van der Waals surface area contributed by atoms with E-state index in [9.17, 15) is 0 Å². The highest BCUT2D eigenvalue weighted by molar-refractivity contribution is 6.32. The van der Waals surface area contributed by atoms with Crippen LogP contribution < -0.4 is 9.47 Å². The van der Waals surface area contributed by atoms with Crippen molar-refractivity contribution < 1.29 is 14.6 Å². The number of benzene rings is 2. The van der Waals surface area contributed by atoms with Crippen molar-refractivity contribution in [2.45, 2.75) is 6.61 Å². The van der Waals surface area contributed by atoms with E-state index in [1.807, 2.05) is 6.07 Å². The van der Waals surface area contributed by atoms with Gasteiger partial charge in [0, 0.05) is 0 Å². The Bertz CT molecular complexity index is 523. The lowest BCUT2D eigenvalue weighted by Crippen LogP contribution is -1.95. The van der Waals surface area contributed by atoms with Crippen LogP contribution in [-0.2, 0) is 6.61 Å². The minimum absolute atomic E-state index is 0.217. The summed E-state index contributed by atoms with van der Waals surface area (Å²) in [5, 5.41) is 9.71. The van der Waals surface area contributed by atoms with Crippen molar-refractivity contribution >= 4 is 11.6 Å². The maximum Gasteiger partial charge on any atom is 0.137 e. The van der Waals surface area contributed by atoms with Gasteiger partial charge in [0.05, 0.1) is 12.1 Å². The highest BCUT2D eigenvalue weighted by Crippen LogP contribution is 2.25. The second kappa shape index (κ2) is 5.65. The SMILES string of the molecule is COc1ccc(COc2ccc(O)cc2)cc1Cl. The molecule has 0 saturated heterocycles. The lowest BCUT2D eigenvalue weighted by Gasteiger charge is -2.08. The van der Waals surface area contributed by atoms with Crippen LogP contribution >= 0.6 is 11.6 Å². The summed E-state index contributed by atoms with van der Waals surface area (Å²) in [6.45, 7) is 0.411. The fourth-order valence-electron chi connectivity index (χ4n) is 1.51. The fourth-order valence-corrected chi connectivity index (χ4v) is 1.79. The molecular formula is C14H13ClO3. The third-order valence-corrected chi connectivity index (χ3v) is 2.75. The number of phenols is 1. The maximum absolute atomic E-state index is 9.15. The Morgan fingerprint density at radius 1 is 1.11 bits per heavy atom. The Labute approximate surface area is 111 Å². The summed E-state index contributed by atoms with van der Waals surface area (Å²) in [6, 6.07) is 12.1. The van der Waals surface area contributed by atoms with Gasteiger partial charge >= 0.3 is 0 Å². The van der Waals surface area contributed by atoms with Crippen LogP contribution in [0.5, 0.6) is 17.2 Å². The molecule has 18 heavy (non-hydrogen) atoms. The molecule has 0 bridgehead atoms. The van der Waals surface area contributed by atoms with Gasteiger partial charge < -0.3 is 14.6 Å². The topological polar surface area (TPSA) is 38.7 Å². The summed E-state index contributed by atoms with van der Waals surface area (Å²) in [7, 11) is 1.58. The van der Waals surface area contributed by atoms with Crippen LogP contribution in [0.15, 0.2) is 42.5 Å². The second-order valence-electron chi connectivity index (χ2n) is 3.75. The molecule has 0 aromatic heterocycles. The summed E-state index contributed by atoms with van der Waals surface area (Å²) in [6.07, 6.45) is 0. The average Bonchev–Trinajstić information content (AvgIpc) is 2.38. The molecule has 0 aliphatic heterocycles. The molecule has 0 spiro atoms. The molecule has 0 amide bonds. The molecule has 0 unspecified atom stereocenters. The summed E-state index contributed by atoms with van der Waals surface area (Å²) in [5.74, 6) is 1.56. The zero-order valence-electron chi connectivity index (χ0n) is 9.89. The van der Waals surface area contributed by atoms with Gasteiger partial charge in [0.25, 0.3) is 0 Å². The van der Waals surface area contributed by atoms with Gasteiger partial charge in [-0.05, 0) is 42.0 Å². The number of hydrogen-bond donors (Lipinski definition) is 1. The molecule has 0 aliphatic carbocycles. The fraction of sp³-hybridized carbons (Fsp3) is 0.143. The van der Waals surface area contributed by atoms with Gasteiger partial charge in [0.1, 0.15) is 23.9 Å². The Hall–Kier alpha value is -1.87. The number of ether oxygens (including phenoxy) is 2. The van der Waals surface area contributed by atoms with Crippen molar-refractivity contribution in [3.63, 3.8) is 0 Å². The van der Waals surface area contributed by atoms with Crippen molar-refractivity contribution in [1.82, 2.24) is 0 Å². The minimum Gasteiger partial charge on any atom is -0.508 e. The van der Waals surface area contributed by atoms with E-state index in [1.165, 1.54) is 0 Å². The first-order chi connectivity index (χ1) is 8.69. The van der Waals surface area contributed by atoms with Gasteiger partial charge in [-0.15, -0.1) is 0 Å². The van der Waals surface area contributed by atoms with Crippen molar-refractivity contribution in [2.75, 3.05) is 7.11 Å². The van der Waals surface area contributed by atoms with Crippen LogP contribution in [0.25, 0.3) is 0 Å². The minimum atomic E-state index is 0.217. The van der Waals surface area contributed by atoms with Crippen LogP contribution in [0, 0.1) is 0 Å². The Balaban J connectivity index is 2.02. The van der Waals surface area contributed by atoms with E-state index in [2.05, 4.69) is 0 Å². The standard InChI is InChI=1S/C14H13ClO3/c1-17-14-7-2-10(8-13(14)15)9-18-12-5-3-11(16)4-6-12/h2-8,16H,9H2,1H3. The molecule has 0 radical (unpaired) electrons. The zero-order valence-corrected chi connectivity index (χ0v) is 10.6. The van der Waals surface area contributed by atoms with E-state index in [0.29, 0.717) is 23.1 Å². The van der Waals surface area contributed by atoms with Crippen molar-refractivity contribution in [1.29, 1.82) is 0 Å². The number of hydrogen-bond acceptors (Lipinski definition) is 3. The maximum atomic E-state index is 9.15. The lowest BCUT2D eigenvalue weighted by atomic mass is 10.2. The predicted octanol–water partition coefficient (Wildman–Crippen LogP) is 3.63. The molecule has 3 nitrogen and oxygen atoms in total. The molecule has 4 heteroatoms. The van der Waals surface area contributed by atoms with Gasteiger partial charge in [-0.1, -0.05) is 17.7 Å². The summed E-state index contributed by atoms with van der Waals surface area (Å²) >= 11 is 6.02. The third-order valence-electron chi connectivity index (χ3n) is 2.46. The van der Waals surface area contributed by atoms with Crippen LogP contribution in [0.3, 0.4) is 0 Å². The van der Waals surface area contributed by atoms with Gasteiger partial charge in [-0.3, -0.25) is 0 Å². The number of methoxy groups -OCH3 is 1. The average molecular weight is 265 g/mol. The first-order valence-corrected chi connectivity index (χ1v) is 5.81.